The summed E-state index contributed by atoms with van der Waals surface area (Å²) in [5.74, 6) is 0.353. The number of amides is 1. The molecule has 0 aliphatic heterocycles. The third-order valence-corrected chi connectivity index (χ3v) is 4.60. The molecule has 0 unspecified atom stereocenters. The molecule has 3 aromatic carbocycles. The van der Waals surface area contributed by atoms with Crippen LogP contribution in [0.1, 0.15) is 22.3 Å². The molecule has 148 valence electrons. The number of halogens is 1. The lowest BCUT2D eigenvalue weighted by Gasteiger charge is -2.14. The SMILES string of the molecule is O=C(NC(=S)Nc1ccccc1OCCCc1ccccc1)c1cccc(Cl)c1. The second kappa shape index (κ2) is 10.6. The van der Waals surface area contributed by atoms with Crippen LogP contribution in [0.15, 0.2) is 78.9 Å². The number of hydrogen-bond acceptors (Lipinski definition) is 3. The van der Waals surface area contributed by atoms with Crippen molar-refractivity contribution in [1.82, 2.24) is 5.32 Å². The maximum absolute atomic E-state index is 12.3. The highest BCUT2D eigenvalue weighted by Crippen LogP contribution is 2.24. The van der Waals surface area contributed by atoms with Crippen LogP contribution in [0.3, 0.4) is 0 Å². The first kappa shape index (κ1) is 20.8. The molecule has 4 nitrogen and oxygen atoms in total. The quantitative estimate of drug-likeness (QED) is 0.389. The Morgan fingerprint density at radius 3 is 2.52 bits per heavy atom. The number of thiocarbonyl (C=S) groups is 1. The van der Waals surface area contributed by atoms with Crippen molar-refractivity contribution in [2.24, 2.45) is 0 Å². The Kier molecular flexibility index (Phi) is 7.61. The molecule has 0 radical (unpaired) electrons. The van der Waals surface area contributed by atoms with Crippen LogP contribution in [0.25, 0.3) is 0 Å². The van der Waals surface area contributed by atoms with Crippen LogP contribution in [-0.4, -0.2) is 17.6 Å². The lowest BCUT2D eigenvalue weighted by atomic mass is 10.1. The number of anilines is 1. The summed E-state index contributed by atoms with van der Waals surface area (Å²) in [4.78, 5) is 12.3. The van der Waals surface area contributed by atoms with Gasteiger partial charge in [0.2, 0.25) is 0 Å². The predicted molar refractivity (Wildman–Crippen MR) is 122 cm³/mol. The zero-order chi connectivity index (χ0) is 20.5. The fourth-order valence-electron chi connectivity index (χ4n) is 2.76. The molecule has 0 atom stereocenters. The van der Waals surface area contributed by atoms with Gasteiger partial charge in [0.1, 0.15) is 5.75 Å². The molecule has 0 saturated heterocycles. The van der Waals surface area contributed by atoms with E-state index in [-0.39, 0.29) is 11.0 Å². The Labute approximate surface area is 180 Å². The minimum absolute atomic E-state index is 0.190. The number of nitrogens with one attached hydrogen (secondary N) is 2. The van der Waals surface area contributed by atoms with Crippen LogP contribution in [-0.2, 0) is 6.42 Å². The number of aryl methyl sites for hydroxylation is 1. The van der Waals surface area contributed by atoms with Gasteiger partial charge in [0.05, 0.1) is 12.3 Å². The van der Waals surface area contributed by atoms with E-state index in [9.17, 15) is 4.79 Å². The zero-order valence-corrected chi connectivity index (χ0v) is 17.3. The highest BCUT2D eigenvalue weighted by Gasteiger charge is 2.10. The third kappa shape index (κ3) is 6.59. The molecule has 0 spiro atoms. The molecule has 6 heteroatoms. The maximum Gasteiger partial charge on any atom is 0.257 e. The number of carbonyl (C=O) groups is 1. The summed E-state index contributed by atoms with van der Waals surface area (Å²) in [7, 11) is 0. The van der Waals surface area contributed by atoms with E-state index in [1.807, 2.05) is 42.5 Å². The smallest absolute Gasteiger partial charge is 0.257 e. The van der Waals surface area contributed by atoms with Gasteiger partial charge in [0.15, 0.2) is 5.11 Å². The number of benzene rings is 3. The molecular weight excluding hydrogens is 404 g/mol. The van der Waals surface area contributed by atoms with Gasteiger partial charge in [-0.2, -0.15) is 0 Å². The number of ether oxygens (including phenoxy) is 1. The normalized spacial score (nSPS) is 10.2. The van der Waals surface area contributed by atoms with Crippen molar-refractivity contribution in [3.63, 3.8) is 0 Å². The van der Waals surface area contributed by atoms with Crippen LogP contribution in [0.5, 0.6) is 5.75 Å². The first-order valence-corrected chi connectivity index (χ1v) is 10.0. The Balaban J connectivity index is 1.52. The molecule has 0 aromatic heterocycles. The van der Waals surface area contributed by atoms with Crippen molar-refractivity contribution in [2.75, 3.05) is 11.9 Å². The standard InChI is InChI=1S/C23H21ClN2O2S/c24-19-12-6-11-18(16-19)22(27)26-23(29)25-20-13-4-5-14-21(20)28-15-7-10-17-8-2-1-3-9-17/h1-6,8-9,11-14,16H,7,10,15H2,(H2,25,26,27,29). The van der Waals surface area contributed by atoms with Gasteiger partial charge in [0, 0.05) is 10.6 Å². The van der Waals surface area contributed by atoms with E-state index < -0.39 is 0 Å². The van der Waals surface area contributed by atoms with Crippen molar-refractivity contribution < 1.29 is 9.53 Å². The minimum Gasteiger partial charge on any atom is -0.491 e. The molecule has 0 fully saturated rings. The molecule has 1 amide bonds. The molecule has 3 aromatic rings. The summed E-state index contributed by atoms with van der Waals surface area (Å²) in [6.07, 6.45) is 1.85. The van der Waals surface area contributed by atoms with Crippen LogP contribution >= 0.6 is 23.8 Å². The van der Waals surface area contributed by atoms with Gasteiger partial charge in [-0.3, -0.25) is 10.1 Å². The van der Waals surface area contributed by atoms with Gasteiger partial charge in [-0.05, 0) is 61.0 Å². The monoisotopic (exact) mass is 424 g/mol. The van der Waals surface area contributed by atoms with E-state index in [1.54, 1.807) is 24.3 Å². The van der Waals surface area contributed by atoms with E-state index in [4.69, 9.17) is 28.6 Å². The summed E-state index contributed by atoms with van der Waals surface area (Å²) in [6, 6.07) is 24.5. The third-order valence-electron chi connectivity index (χ3n) is 4.16. The van der Waals surface area contributed by atoms with Crippen molar-refractivity contribution in [1.29, 1.82) is 0 Å². The fourth-order valence-corrected chi connectivity index (χ4v) is 3.15. The number of carbonyl (C=O) groups excluding carboxylic acids is 1. The van der Waals surface area contributed by atoms with Gasteiger partial charge >= 0.3 is 0 Å². The molecule has 3 rings (SSSR count). The molecule has 29 heavy (non-hydrogen) atoms. The second-order valence-corrected chi connectivity index (χ2v) is 7.20. The molecule has 0 aliphatic rings. The van der Waals surface area contributed by atoms with E-state index >= 15 is 0 Å². The van der Waals surface area contributed by atoms with Gasteiger partial charge in [-0.1, -0.05) is 60.1 Å². The second-order valence-electron chi connectivity index (χ2n) is 6.35. The van der Waals surface area contributed by atoms with Crippen molar-refractivity contribution in [3.8, 4) is 5.75 Å². The van der Waals surface area contributed by atoms with E-state index in [1.165, 1.54) is 5.56 Å². The van der Waals surface area contributed by atoms with Gasteiger partial charge in [-0.25, -0.2) is 0 Å². The fraction of sp³-hybridized carbons (Fsp3) is 0.130. The van der Waals surface area contributed by atoms with Gasteiger partial charge < -0.3 is 10.1 Å². The van der Waals surface area contributed by atoms with Gasteiger partial charge in [0.25, 0.3) is 5.91 Å². The molecular formula is C23H21ClN2O2S. The highest BCUT2D eigenvalue weighted by atomic mass is 35.5. The maximum atomic E-state index is 12.3. The lowest BCUT2D eigenvalue weighted by molar-refractivity contribution is 0.0977. The summed E-state index contributed by atoms with van der Waals surface area (Å²) >= 11 is 11.2. The topological polar surface area (TPSA) is 50.4 Å². The van der Waals surface area contributed by atoms with Gasteiger partial charge in [-0.15, -0.1) is 0 Å². The van der Waals surface area contributed by atoms with E-state index in [0.717, 1.165) is 12.8 Å². The largest absolute Gasteiger partial charge is 0.491 e. The predicted octanol–water partition coefficient (Wildman–Crippen LogP) is 5.48. The number of para-hydroxylation sites is 2. The summed E-state index contributed by atoms with van der Waals surface area (Å²) in [5.41, 5.74) is 2.42. The van der Waals surface area contributed by atoms with Crippen LogP contribution in [0.2, 0.25) is 5.02 Å². The van der Waals surface area contributed by atoms with E-state index in [2.05, 4.69) is 22.8 Å². The average Bonchev–Trinajstić information content (AvgIpc) is 2.73. The average molecular weight is 425 g/mol. The van der Waals surface area contributed by atoms with Crippen molar-refractivity contribution >= 4 is 40.5 Å². The van der Waals surface area contributed by atoms with Crippen LogP contribution < -0.4 is 15.4 Å². The minimum atomic E-state index is -0.328. The highest BCUT2D eigenvalue weighted by molar-refractivity contribution is 7.80. The molecule has 0 heterocycles. The van der Waals surface area contributed by atoms with Crippen LogP contribution in [0, 0.1) is 0 Å². The number of rotatable bonds is 7. The van der Waals surface area contributed by atoms with E-state index in [0.29, 0.717) is 28.6 Å². The summed E-state index contributed by atoms with van der Waals surface area (Å²) < 4.78 is 5.91. The first-order valence-electron chi connectivity index (χ1n) is 9.25. The van der Waals surface area contributed by atoms with Crippen molar-refractivity contribution in [3.05, 3.63) is 95.0 Å². The Bertz CT molecular complexity index is 979. The molecule has 0 saturated carbocycles. The Morgan fingerprint density at radius 1 is 0.966 bits per heavy atom. The Hall–Kier alpha value is -2.89. The molecule has 0 aliphatic carbocycles. The molecule has 2 N–H and O–H groups in total. The Morgan fingerprint density at radius 2 is 1.72 bits per heavy atom. The zero-order valence-electron chi connectivity index (χ0n) is 15.7. The lowest BCUT2D eigenvalue weighted by Crippen LogP contribution is -2.34. The van der Waals surface area contributed by atoms with Crippen molar-refractivity contribution in [2.45, 2.75) is 12.8 Å². The summed E-state index contributed by atoms with van der Waals surface area (Å²) in [5, 5.41) is 6.36. The first-order chi connectivity index (χ1) is 14.1. The summed E-state index contributed by atoms with van der Waals surface area (Å²) in [6.45, 7) is 0.579. The van der Waals surface area contributed by atoms with Crippen LogP contribution in [0.4, 0.5) is 5.69 Å². The number of hydrogen-bond donors (Lipinski definition) is 2. The molecule has 0 bridgehead atoms.